The van der Waals surface area contributed by atoms with E-state index in [4.69, 9.17) is 9.90 Å². The van der Waals surface area contributed by atoms with E-state index in [0.717, 1.165) is 6.92 Å². The summed E-state index contributed by atoms with van der Waals surface area (Å²) < 4.78 is 0. The summed E-state index contributed by atoms with van der Waals surface area (Å²) in [6, 6.07) is 0. The molecule has 0 aliphatic carbocycles. The van der Waals surface area contributed by atoms with E-state index in [1.807, 2.05) is 0 Å². The van der Waals surface area contributed by atoms with E-state index in [1.165, 1.54) is 0 Å². The largest absolute Gasteiger partial charge is 0.481 e. The Morgan fingerprint density at radius 2 is 1.25 bits per heavy atom. The van der Waals surface area contributed by atoms with Crippen molar-refractivity contribution >= 4 is 23.3 Å². The average Bonchev–Trinajstić information content (AvgIpc) is 0.811. The number of carbonyl (C=O) groups is 1. The van der Waals surface area contributed by atoms with Crippen LogP contribution in [0.1, 0.15) is 6.92 Å². The number of hydrogen-bond donors (Lipinski definition) is 1. The van der Waals surface area contributed by atoms with E-state index < -0.39 is 5.97 Å². The van der Waals surface area contributed by atoms with Crippen LogP contribution >= 0.6 is 0 Å². The first-order valence-electron chi connectivity index (χ1n) is 0.928. The Hall–Kier alpha value is -0.118. The lowest BCUT2D eigenvalue weighted by atomic mass is 10.9. The van der Waals surface area contributed by atoms with Gasteiger partial charge in [0.05, 0.1) is 0 Å². The Morgan fingerprint density at radius 1 is 1.25 bits per heavy atom. The summed E-state index contributed by atoms with van der Waals surface area (Å²) in [5.41, 5.74) is 0. The number of hydrogen-bond acceptors (Lipinski definition) is 1. The van der Waals surface area contributed by atoms with Crippen molar-refractivity contribution in [3.8, 4) is 0 Å². The van der Waals surface area contributed by atoms with Crippen LogP contribution in [0.2, 0.25) is 0 Å². The van der Waals surface area contributed by atoms with Gasteiger partial charge in [-0.15, -0.1) is 0 Å². The van der Waals surface area contributed by atoms with Crippen molar-refractivity contribution in [1.82, 2.24) is 0 Å². The van der Waals surface area contributed by atoms with Crippen molar-refractivity contribution in [2.24, 2.45) is 0 Å². The molecule has 0 aliphatic heterocycles. The topological polar surface area (TPSA) is 132 Å². The Balaban J connectivity index is -0.00000000750. The molecular weight excluding hydrogens is 131 g/mol. The maximum Gasteiger partial charge on any atom is 0.300 e. The minimum Gasteiger partial charge on any atom is -0.481 e. The van der Waals surface area contributed by atoms with Crippen LogP contribution in [0.5, 0.6) is 0 Å². The minimum atomic E-state index is -0.833. The predicted molar refractivity (Wildman–Crippen MR) is 34.1 cm³/mol. The molecule has 0 aromatic heterocycles. The summed E-state index contributed by atoms with van der Waals surface area (Å²) in [5.74, 6) is -0.833. The number of carboxylic acids is 1. The fourth-order valence-electron chi connectivity index (χ4n) is 0. The third kappa shape index (κ3) is 10200. The van der Waals surface area contributed by atoms with Crippen LogP contribution in [0.4, 0.5) is 0 Å². The molecule has 54 valence electrons. The second kappa shape index (κ2) is 28.7. The molecule has 0 aromatic rings. The first kappa shape index (κ1) is 44.9. The van der Waals surface area contributed by atoms with E-state index in [0.29, 0.717) is 0 Å². The van der Waals surface area contributed by atoms with Gasteiger partial charge in [-0.25, -0.2) is 0 Å². The van der Waals surface area contributed by atoms with Crippen molar-refractivity contribution in [2.45, 2.75) is 6.92 Å². The summed E-state index contributed by atoms with van der Waals surface area (Å²) in [6.45, 7) is 1.08. The highest BCUT2D eigenvalue weighted by molar-refractivity contribution is 5.75. The second-order valence-electron chi connectivity index (χ2n) is 0.519. The molecule has 0 fully saturated rings. The number of aliphatic carboxylic acids is 1. The molecule has 0 rings (SSSR count). The molecule has 0 aromatic carbocycles. The molecule has 0 saturated carbocycles. The lowest BCUT2D eigenvalue weighted by molar-refractivity contribution is -0.134. The van der Waals surface area contributed by atoms with Gasteiger partial charge >= 0.3 is 0 Å². The molecule has 8 heavy (non-hydrogen) atoms. The summed E-state index contributed by atoms with van der Waals surface area (Å²) in [5, 5.41) is 7.42. The van der Waals surface area contributed by atoms with E-state index in [2.05, 4.69) is 0 Å². The smallest absolute Gasteiger partial charge is 0.300 e. The monoisotopic (exact) mass is 144 g/mol. The van der Waals surface area contributed by atoms with E-state index >= 15 is 0 Å². The second-order valence-corrected chi connectivity index (χ2v) is 0.519. The van der Waals surface area contributed by atoms with Gasteiger partial charge in [0.1, 0.15) is 0 Å². The van der Waals surface area contributed by atoms with Gasteiger partial charge in [-0.05, 0) is 0 Å². The first-order valence-corrected chi connectivity index (χ1v) is 0.928. The van der Waals surface area contributed by atoms with Crippen molar-refractivity contribution in [2.75, 3.05) is 0 Å². The minimum absolute atomic E-state index is 0. The van der Waals surface area contributed by atoms with Gasteiger partial charge in [0, 0.05) is 6.92 Å². The highest BCUT2D eigenvalue weighted by Crippen LogP contribution is 1.42. The van der Waals surface area contributed by atoms with Crippen molar-refractivity contribution in [3.05, 3.63) is 0 Å². The van der Waals surface area contributed by atoms with Crippen LogP contribution in [0.25, 0.3) is 0 Å². The van der Waals surface area contributed by atoms with Crippen LogP contribution in [-0.4, -0.2) is 44.9 Å². The number of rotatable bonds is 0. The van der Waals surface area contributed by atoms with Gasteiger partial charge in [0.2, 0.25) is 0 Å². The maximum atomic E-state index is 9.00. The van der Waals surface area contributed by atoms with Gasteiger partial charge < -0.3 is 21.5 Å². The molecule has 0 saturated heterocycles. The third-order valence-electron chi connectivity index (χ3n) is 0. The Kier molecular flexibility index (Phi) is 161. The molecule has 0 heterocycles. The van der Waals surface area contributed by atoms with Crippen LogP contribution in [-0.2, 0) is 4.79 Å². The summed E-state index contributed by atoms with van der Waals surface area (Å²) in [4.78, 5) is 9.00. The van der Waals surface area contributed by atoms with E-state index in [-0.39, 0.29) is 33.8 Å². The van der Waals surface area contributed by atoms with Gasteiger partial charge in [-0.1, -0.05) is 0 Å². The fourth-order valence-corrected chi connectivity index (χ4v) is 0. The maximum absolute atomic E-state index is 9.00. The summed E-state index contributed by atoms with van der Waals surface area (Å²) in [7, 11) is 0. The molecular formula is C2H13AlO5. The fraction of sp³-hybridized carbons (Fsp3) is 0.500. The Bertz CT molecular complexity index is 33.4. The zero-order valence-electron chi connectivity index (χ0n) is 3.86. The molecule has 0 radical (unpaired) electrons. The predicted octanol–water partition coefficient (Wildman–Crippen LogP) is -3.57. The summed E-state index contributed by atoms with van der Waals surface area (Å²) >= 11 is 0. The Labute approximate surface area is 57.4 Å². The molecule has 7 N–H and O–H groups in total. The van der Waals surface area contributed by atoms with Crippen LogP contribution in [0, 0.1) is 0 Å². The van der Waals surface area contributed by atoms with E-state index in [9.17, 15) is 0 Å². The highest BCUT2D eigenvalue weighted by atomic mass is 27.0. The standard InChI is InChI=1S/C2H4O2.Al.3H2O.3H/c1-2(3)4;;;;;;;/h1H3,(H,3,4);;3*1H2;;;. The lowest BCUT2D eigenvalue weighted by Gasteiger charge is -1.59. The van der Waals surface area contributed by atoms with Crippen molar-refractivity contribution in [1.29, 1.82) is 0 Å². The average molecular weight is 144 g/mol. The van der Waals surface area contributed by atoms with Gasteiger partial charge in [-0.3, -0.25) is 4.79 Å². The molecule has 0 aliphatic rings. The Morgan fingerprint density at radius 3 is 1.25 bits per heavy atom. The molecule has 0 spiro atoms. The highest BCUT2D eigenvalue weighted by Gasteiger charge is 1.65. The van der Waals surface area contributed by atoms with E-state index in [1.54, 1.807) is 0 Å². The first-order chi connectivity index (χ1) is 1.73. The van der Waals surface area contributed by atoms with Crippen LogP contribution in [0.3, 0.4) is 0 Å². The van der Waals surface area contributed by atoms with Crippen molar-refractivity contribution in [3.63, 3.8) is 0 Å². The quantitative estimate of drug-likeness (QED) is 0.352. The molecule has 0 amide bonds. The lowest BCUT2D eigenvalue weighted by Crippen LogP contribution is -1.78. The SMILES string of the molecule is CC(=O)O.O.O.O.[AlH3]. The molecule has 0 unspecified atom stereocenters. The molecule has 5 nitrogen and oxygen atoms in total. The molecule has 0 bridgehead atoms. The molecule has 6 heteroatoms. The normalized spacial score (nSPS) is 3.12. The van der Waals surface area contributed by atoms with Crippen LogP contribution in [0.15, 0.2) is 0 Å². The van der Waals surface area contributed by atoms with Gasteiger partial charge in [-0.2, -0.15) is 0 Å². The van der Waals surface area contributed by atoms with Crippen molar-refractivity contribution < 1.29 is 26.3 Å². The molecule has 0 atom stereocenters. The van der Waals surface area contributed by atoms with Crippen LogP contribution < -0.4 is 0 Å². The van der Waals surface area contributed by atoms with Gasteiger partial charge in [0.15, 0.2) is 17.4 Å². The zero-order valence-corrected chi connectivity index (χ0v) is 3.86. The zero-order chi connectivity index (χ0) is 3.58. The summed E-state index contributed by atoms with van der Waals surface area (Å²) in [6.07, 6.45) is 0. The number of carboxylic acid groups (broad SMARTS) is 1. The third-order valence-corrected chi connectivity index (χ3v) is 0. The van der Waals surface area contributed by atoms with Gasteiger partial charge in [0.25, 0.3) is 5.97 Å².